The average Bonchev–Trinajstić information content (AvgIpc) is 2.89. The fourth-order valence-electron chi connectivity index (χ4n) is 6.08. The minimum Gasteiger partial charge on any atom is -0.367 e. The van der Waals surface area contributed by atoms with E-state index < -0.39 is 29.3 Å². The van der Waals surface area contributed by atoms with Crippen LogP contribution in [0.25, 0.3) is 0 Å². The van der Waals surface area contributed by atoms with Crippen LogP contribution in [0.4, 0.5) is 21.9 Å². The van der Waals surface area contributed by atoms with Crippen LogP contribution in [-0.4, -0.2) is 30.4 Å². The maximum atomic E-state index is 14.5. The molecular formula is C29H26ClN3O3. The molecule has 36 heavy (non-hydrogen) atoms. The maximum Gasteiger partial charge on any atom is 0.342 e. The van der Waals surface area contributed by atoms with E-state index in [0.717, 1.165) is 17.7 Å². The Morgan fingerprint density at radius 2 is 1.42 bits per heavy atom. The van der Waals surface area contributed by atoms with Crippen molar-refractivity contribution >= 4 is 46.5 Å². The number of amides is 4. The molecule has 4 amide bonds. The topological polar surface area (TPSA) is 60.9 Å². The van der Waals surface area contributed by atoms with Crippen LogP contribution in [-0.2, 0) is 16.0 Å². The van der Waals surface area contributed by atoms with Gasteiger partial charge in [0.15, 0.2) is 5.41 Å². The average molecular weight is 500 g/mol. The predicted octanol–water partition coefficient (Wildman–Crippen LogP) is 5.69. The normalized spacial score (nSPS) is 23.1. The number of urea groups is 1. The van der Waals surface area contributed by atoms with Crippen molar-refractivity contribution in [2.24, 2.45) is 11.3 Å². The smallest absolute Gasteiger partial charge is 0.342 e. The third-order valence-electron chi connectivity index (χ3n) is 7.84. The molecule has 3 aromatic rings. The molecule has 1 spiro atoms. The number of nitrogens with zero attached hydrogens (tertiary/aromatic N) is 3. The molecule has 2 unspecified atom stereocenters. The lowest BCUT2D eigenvalue weighted by Crippen LogP contribution is -2.74. The van der Waals surface area contributed by atoms with Gasteiger partial charge in [0.1, 0.15) is 0 Å². The van der Waals surface area contributed by atoms with Gasteiger partial charge in [-0.25, -0.2) is 14.6 Å². The van der Waals surface area contributed by atoms with Gasteiger partial charge in [0.25, 0.3) is 11.8 Å². The molecule has 2 fully saturated rings. The molecule has 0 aliphatic carbocycles. The molecule has 6 nitrogen and oxygen atoms in total. The fourth-order valence-corrected chi connectivity index (χ4v) is 6.25. The zero-order chi connectivity index (χ0) is 25.0. The van der Waals surface area contributed by atoms with Crippen molar-refractivity contribution in [1.82, 2.24) is 0 Å². The molecule has 2 saturated heterocycles. The van der Waals surface area contributed by atoms with Crippen LogP contribution in [0.2, 0.25) is 5.02 Å². The lowest BCUT2D eigenvalue weighted by molar-refractivity contribution is -0.143. The summed E-state index contributed by atoms with van der Waals surface area (Å²) in [4.78, 5) is 47.5. The molecule has 0 N–H and O–H groups in total. The molecule has 3 aliphatic rings. The third kappa shape index (κ3) is 3.28. The van der Waals surface area contributed by atoms with E-state index in [1.54, 1.807) is 54.6 Å². The van der Waals surface area contributed by atoms with Crippen molar-refractivity contribution in [2.45, 2.75) is 32.2 Å². The molecule has 0 bridgehead atoms. The van der Waals surface area contributed by atoms with Crippen LogP contribution in [0.1, 0.15) is 25.3 Å². The molecular weight excluding hydrogens is 474 g/mol. The second-order valence-corrected chi connectivity index (χ2v) is 10.4. The molecule has 0 aromatic heterocycles. The van der Waals surface area contributed by atoms with Crippen LogP contribution >= 0.6 is 11.6 Å². The quantitative estimate of drug-likeness (QED) is 0.425. The van der Waals surface area contributed by atoms with Crippen LogP contribution in [0.5, 0.6) is 0 Å². The number of piperidine rings is 1. The van der Waals surface area contributed by atoms with E-state index in [9.17, 15) is 14.4 Å². The largest absolute Gasteiger partial charge is 0.367 e. The Kier molecular flexibility index (Phi) is 5.38. The first-order valence-corrected chi connectivity index (χ1v) is 12.7. The van der Waals surface area contributed by atoms with E-state index in [2.05, 4.69) is 11.8 Å². The Bertz CT molecular complexity index is 1300. The highest BCUT2D eigenvalue weighted by atomic mass is 35.5. The van der Waals surface area contributed by atoms with Gasteiger partial charge < -0.3 is 4.90 Å². The molecule has 2 atom stereocenters. The number of hydrogen-bond donors (Lipinski definition) is 0. The summed E-state index contributed by atoms with van der Waals surface area (Å²) in [6.45, 7) is 2.87. The maximum absolute atomic E-state index is 14.5. The number of halogens is 1. The van der Waals surface area contributed by atoms with Crippen LogP contribution < -0.4 is 14.7 Å². The summed E-state index contributed by atoms with van der Waals surface area (Å²) < 4.78 is 0. The van der Waals surface area contributed by atoms with Gasteiger partial charge in [-0.2, -0.15) is 0 Å². The van der Waals surface area contributed by atoms with Gasteiger partial charge in [0.05, 0.1) is 17.4 Å². The van der Waals surface area contributed by atoms with Crippen molar-refractivity contribution in [3.8, 4) is 0 Å². The van der Waals surface area contributed by atoms with Gasteiger partial charge in [-0.1, -0.05) is 61.0 Å². The number of anilines is 3. The number of benzene rings is 3. The lowest BCUT2D eigenvalue weighted by Gasteiger charge is -2.56. The van der Waals surface area contributed by atoms with E-state index in [0.29, 0.717) is 35.3 Å². The van der Waals surface area contributed by atoms with Crippen molar-refractivity contribution in [3.63, 3.8) is 0 Å². The summed E-state index contributed by atoms with van der Waals surface area (Å²) in [5.74, 6) is -0.585. The van der Waals surface area contributed by atoms with E-state index in [1.807, 2.05) is 24.3 Å². The zero-order valence-corrected chi connectivity index (χ0v) is 20.7. The Morgan fingerprint density at radius 3 is 2.00 bits per heavy atom. The first-order valence-electron chi connectivity index (χ1n) is 12.3. The third-order valence-corrected chi connectivity index (χ3v) is 8.08. The highest BCUT2D eigenvalue weighted by molar-refractivity contribution is 6.39. The van der Waals surface area contributed by atoms with Gasteiger partial charge in [0, 0.05) is 17.3 Å². The zero-order valence-electron chi connectivity index (χ0n) is 19.9. The molecule has 0 radical (unpaired) electrons. The number of fused-ring (bicyclic) bond motifs is 4. The number of hydrogen-bond acceptors (Lipinski definition) is 4. The highest BCUT2D eigenvalue weighted by Gasteiger charge is 2.65. The number of para-hydroxylation sites is 2. The highest BCUT2D eigenvalue weighted by Crippen LogP contribution is 2.51. The standard InChI is InChI=1S/C29H26ClN3O3/c1-19-14-15-31-24-17-21(30)13-12-20(24)18-29(25(31)16-19)26(34)32(22-8-4-2-5-9-22)28(36)33(27(29)35)23-10-6-3-7-11-23/h2-13,17,19,25H,14-16,18H2,1H3. The number of barbiturate groups is 1. The Hall–Kier alpha value is -3.64. The Labute approximate surface area is 215 Å². The Morgan fingerprint density at radius 1 is 0.833 bits per heavy atom. The monoisotopic (exact) mass is 499 g/mol. The molecule has 3 aromatic carbocycles. The van der Waals surface area contributed by atoms with Crippen molar-refractivity contribution in [1.29, 1.82) is 0 Å². The van der Waals surface area contributed by atoms with Crippen molar-refractivity contribution in [2.75, 3.05) is 21.2 Å². The van der Waals surface area contributed by atoms with E-state index in [4.69, 9.17) is 11.6 Å². The van der Waals surface area contributed by atoms with E-state index >= 15 is 0 Å². The summed E-state index contributed by atoms with van der Waals surface area (Å²) in [6.07, 6.45) is 1.83. The number of imide groups is 2. The molecule has 6 rings (SSSR count). The summed E-state index contributed by atoms with van der Waals surface area (Å²) in [6, 6.07) is 22.4. The number of carbonyl (C=O) groups is 3. The van der Waals surface area contributed by atoms with Crippen molar-refractivity contribution in [3.05, 3.63) is 89.4 Å². The minimum absolute atomic E-state index is 0.213. The van der Waals surface area contributed by atoms with Crippen LogP contribution in [0.15, 0.2) is 78.9 Å². The SMILES string of the molecule is CC1CCN2c3cc(Cl)ccc3CC3(C(=O)N(c4ccccc4)C(=O)N(c4ccccc4)C3=O)C2C1. The number of rotatable bonds is 2. The van der Waals surface area contributed by atoms with E-state index in [1.165, 1.54) is 9.80 Å². The molecule has 0 saturated carbocycles. The molecule has 3 heterocycles. The van der Waals surface area contributed by atoms with Crippen LogP contribution in [0, 0.1) is 11.3 Å². The molecule has 3 aliphatic heterocycles. The lowest BCUT2D eigenvalue weighted by atomic mass is 9.64. The summed E-state index contributed by atoms with van der Waals surface area (Å²) in [7, 11) is 0. The Balaban J connectivity index is 1.60. The second kappa shape index (κ2) is 8.49. The molecule has 7 heteroatoms. The van der Waals surface area contributed by atoms with Crippen molar-refractivity contribution < 1.29 is 14.4 Å². The van der Waals surface area contributed by atoms with E-state index in [-0.39, 0.29) is 6.42 Å². The molecule has 182 valence electrons. The van der Waals surface area contributed by atoms with Gasteiger partial charge in [0.2, 0.25) is 0 Å². The fraction of sp³-hybridized carbons (Fsp3) is 0.276. The van der Waals surface area contributed by atoms with Gasteiger partial charge >= 0.3 is 6.03 Å². The van der Waals surface area contributed by atoms with Gasteiger partial charge in [-0.3, -0.25) is 9.59 Å². The summed E-state index contributed by atoms with van der Waals surface area (Å²) in [5.41, 5.74) is 1.33. The minimum atomic E-state index is -1.45. The summed E-state index contributed by atoms with van der Waals surface area (Å²) >= 11 is 6.38. The van der Waals surface area contributed by atoms with Gasteiger partial charge in [-0.15, -0.1) is 0 Å². The first-order chi connectivity index (χ1) is 17.4. The van der Waals surface area contributed by atoms with Crippen LogP contribution in [0.3, 0.4) is 0 Å². The van der Waals surface area contributed by atoms with Gasteiger partial charge in [-0.05, 0) is 67.1 Å². The first kappa shape index (κ1) is 22.8. The predicted molar refractivity (Wildman–Crippen MR) is 140 cm³/mol. The second-order valence-electron chi connectivity index (χ2n) is 9.99. The summed E-state index contributed by atoms with van der Waals surface area (Å²) in [5, 5.41) is 0.621. The number of carbonyl (C=O) groups excluding carboxylic acids is 3.